The molecule has 1 fully saturated rings. The maximum absolute atomic E-state index is 12.4. The maximum atomic E-state index is 12.4. The van der Waals surface area contributed by atoms with Gasteiger partial charge in [-0.25, -0.2) is 18.4 Å². The lowest BCUT2D eigenvalue weighted by Crippen LogP contribution is -2.45. The number of hydrogen-bond acceptors (Lipinski definition) is 6. The number of nitrogens with one attached hydrogen (secondary N) is 1. The van der Waals surface area contributed by atoms with E-state index in [1.165, 1.54) is 0 Å². The van der Waals surface area contributed by atoms with Gasteiger partial charge in [0.2, 0.25) is 0 Å². The topological polar surface area (TPSA) is 88.2 Å². The number of fused-ring (bicyclic) bond motifs is 1. The Morgan fingerprint density at radius 2 is 1.93 bits per heavy atom. The van der Waals surface area contributed by atoms with Crippen molar-refractivity contribution in [1.82, 2.24) is 15.0 Å². The number of imidazole rings is 1. The molecule has 8 heteroatoms. The number of aromatic amines is 1. The Hall–Kier alpha value is -2.45. The molecule has 0 saturated carbocycles. The van der Waals surface area contributed by atoms with Crippen LogP contribution in [0.5, 0.6) is 0 Å². The third-order valence-electron chi connectivity index (χ3n) is 5.05. The number of ether oxygens (including phenoxy) is 1. The van der Waals surface area contributed by atoms with Gasteiger partial charge in [0.25, 0.3) is 0 Å². The van der Waals surface area contributed by atoms with Crippen LogP contribution < -0.4 is 4.90 Å². The van der Waals surface area contributed by atoms with Crippen molar-refractivity contribution in [2.24, 2.45) is 0 Å². The summed E-state index contributed by atoms with van der Waals surface area (Å²) in [5.41, 5.74) is 2.36. The summed E-state index contributed by atoms with van der Waals surface area (Å²) < 4.78 is 30.5. The molecule has 1 aliphatic heterocycles. The van der Waals surface area contributed by atoms with Crippen LogP contribution in [0.1, 0.15) is 27.2 Å². The van der Waals surface area contributed by atoms with Gasteiger partial charge >= 0.3 is 0 Å². The van der Waals surface area contributed by atoms with Crippen LogP contribution in [0.15, 0.2) is 41.4 Å². The maximum Gasteiger partial charge on any atom is 0.178 e. The quantitative estimate of drug-likeness (QED) is 0.688. The SMILES string of the molecule is CCCS(=O)(=O)c1ccc2nc(-c3ccnc(N4C[C@@H](C)O[C@@H](C)C4)c3)[nH]c2c1. The molecule has 0 amide bonds. The third kappa shape index (κ3) is 4.13. The van der Waals surface area contributed by atoms with E-state index in [1.54, 1.807) is 24.4 Å². The molecule has 4 rings (SSSR count). The van der Waals surface area contributed by atoms with Crippen molar-refractivity contribution in [1.29, 1.82) is 0 Å². The summed E-state index contributed by atoms with van der Waals surface area (Å²) in [6, 6.07) is 8.97. The van der Waals surface area contributed by atoms with Gasteiger partial charge in [-0.15, -0.1) is 0 Å². The second kappa shape index (κ2) is 7.76. The molecule has 0 aliphatic carbocycles. The fourth-order valence-corrected chi connectivity index (χ4v) is 5.16. The predicted octanol–water partition coefficient (Wildman–Crippen LogP) is 3.42. The second-order valence-corrected chi connectivity index (χ2v) is 9.76. The van der Waals surface area contributed by atoms with Crippen molar-refractivity contribution in [3.05, 3.63) is 36.5 Å². The first-order chi connectivity index (χ1) is 13.9. The average Bonchev–Trinajstić information content (AvgIpc) is 3.11. The van der Waals surface area contributed by atoms with E-state index >= 15 is 0 Å². The molecule has 0 radical (unpaired) electrons. The van der Waals surface area contributed by atoms with E-state index in [0.29, 0.717) is 22.7 Å². The highest BCUT2D eigenvalue weighted by Crippen LogP contribution is 2.26. The largest absolute Gasteiger partial charge is 0.372 e. The van der Waals surface area contributed by atoms with Gasteiger partial charge in [-0.1, -0.05) is 6.92 Å². The number of pyridine rings is 1. The number of aromatic nitrogens is 3. The van der Waals surface area contributed by atoms with Gasteiger partial charge in [0.1, 0.15) is 11.6 Å². The number of benzene rings is 1. The minimum atomic E-state index is -3.27. The van der Waals surface area contributed by atoms with Crippen LogP contribution >= 0.6 is 0 Å². The molecule has 3 heterocycles. The van der Waals surface area contributed by atoms with Crippen LogP contribution in [0.2, 0.25) is 0 Å². The summed E-state index contributed by atoms with van der Waals surface area (Å²) in [6.45, 7) is 7.58. The van der Waals surface area contributed by atoms with Gasteiger partial charge in [0.15, 0.2) is 9.84 Å². The van der Waals surface area contributed by atoms with E-state index in [2.05, 4.69) is 33.7 Å². The number of sulfone groups is 1. The Labute approximate surface area is 171 Å². The summed E-state index contributed by atoms with van der Waals surface area (Å²) >= 11 is 0. The molecule has 0 unspecified atom stereocenters. The zero-order chi connectivity index (χ0) is 20.6. The first kappa shape index (κ1) is 19.8. The molecular weight excluding hydrogens is 388 g/mol. The van der Waals surface area contributed by atoms with Gasteiger partial charge in [-0.05, 0) is 50.6 Å². The Morgan fingerprint density at radius 3 is 2.66 bits per heavy atom. The third-order valence-corrected chi connectivity index (χ3v) is 6.97. The molecule has 0 spiro atoms. The highest BCUT2D eigenvalue weighted by molar-refractivity contribution is 7.91. The summed E-state index contributed by atoms with van der Waals surface area (Å²) in [7, 11) is -3.27. The number of nitrogens with zero attached hydrogens (tertiary/aromatic N) is 3. The highest BCUT2D eigenvalue weighted by atomic mass is 32.2. The van der Waals surface area contributed by atoms with E-state index in [4.69, 9.17) is 4.74 Å². The van der Waals surface area contributed by atoms with Crippen molar-refractivity contribution in [3.63, 3.8) is 0 Å². The summed E-state index contributed by atoms with van der Waals surface area (Å²) in [5.74, 6) is 1.73. The molecule has 7 nitrogen and oxygen atoms in total. The molecule has 29 heavy (non-hydrogen) atoms. The van der Waals surface area contributed by atoms with Crippen LogP contribution in [-0.2, 0) is 14.6 Å². The zero-order valence-corrected chi connectivity index (χ0v) is 17.7. The number of anilines is 1. The lowest BCUT2D eigenvalue weighted by Gasteiger charge is -2.36. The van der Waals surface area contributed by atoms with Crippen LogP contribution in [0.3, 0.4) is 0 Å². The van der Waals surface area contributed by atoms with Crippen LogP contribution in [0.4, 0.5) is 5.82 Å². The summed E-state index contributed by atoms with van der Waals surface area (Å²) in [6.07, 6.45) is 2.67. The zero-order valence-electron chi connectivity index (χ0n) is 16.9. The molecule has 1 saturated heterocycles. The number of morpholine rings is 1. The molecular formula is C21H26N4O3S. The predicted molar refractivity (Wildman–Crippen MR) is 114 cm³/mol. The Bertz CT molecular complexity index is 1120. The number of H-pyrrole nitrogens is 1. The Morgan fingerprint density at radius 1 is 1.17 bits per heavy atom. The highest BCUT2D eigenvalue weighted by Gasteiger charge is 2.23. The lowest BCUT2D eigenvalue weighted by atomic mass is 10.2. The van der Waals surface area contributed by atoms with Crippen molar-refractivity contribution in [2.75, 3.05) is 23.7 Å². The minimum absolute atomic E-state index is 0.142. The normalized spacial score (nSPS) is 20.3. The van der Waals surface area contributed by atoms with E-state index in [1.807, 2.05) is 19.1 Å². The Kier molecular flexibility index (Phi) is 5.31. The molecule has 1 N–H and O–H groups in total. The summed E-state index contributed by atoms with van der Waals surface area (Å²) in [5, 5.41) is 0. The minimum Gasteiger partial charge on any atom is -0.372 e. The van der Waals surface area contributed by atoms with Gasteiger partial charge in [-0.2, -0.15) is 0 Å². The van der Waals surface area contributed by atoms with E-state index in [-0.39, 0.29) is 18.0 Å². The van der Waals surface area contributed by atoms with E-state index in [0.717, 1.165) is 30.0 Å². The standard InChI is InChI=1S/C21H26N4O3S/c1-4-9-29(26,27)17-5-6-18-19(11-17)24-21(23-18)16-7-8-22-20(10-16)25-12-14(2)28-15(3)13-25/h5-8,10-11,14-15H,4,9,12-13H2,1-3H3,(H,23,24)/t14-,15+. The molecule has 2 atom stereocenters. The van der Waals surface area contributed by atoms with Gasteiger partial charge in [-0.3, -0.25) is 0 Å². The fourth-order valence-electron chi connectivity index (χ4n) is 3.81. The van der Waals surface area contributed by atoms with Gasteiger partial charge in [0.05, 0.1) is 33.9 Å². The first-order valence-corrected chi connectivity index (χ1v) is 11.6. The molecule has 2 aromatic heterocycles. The number of rotatable bonds is 5. The lowest BCUT2D eigenvalue weighted by molar-refractivity contribution is -0.00545. The molecule has 1 aliphatic rings. The smallest absolute Gasteiger partial charge is 0.178 e. The van der Waals surface area contributed by atoms with Crippen molar-refractivity contribution >= 4 is 26.7 Å². The average molecular weight is 415 g/mol. The van der Waals surface area contributed by atoms with E-state index in [9.17, 15) is 8.42 Å². The molecule has 3 aromatic rings. The summed E-state index contributed by atoms with van der Waals surface area (Å²) in [4.78, 5) is 15.0. The molecule has 154 valence electrons. The van der Waals surface area contributed by atoms with Crippen LogP contribution in [0.25, 0.3) is 22.4 Å². The van der Waals surface area contributed by atoms with Crippen LogP contribution in [0, 0.1) is 0 Å². The monoisotopic (exact) mass is 414 g/mol. The first-order valence-electron chi connectivity index (χ1n) is 9.95. The van der Waals surface area contributed by atoms with Gasteiger partial charge < -0.3 is 14.6 Å². The Balaban J connectivity index is 1.66. The van der Waals surface area contributed by atoms with Gasteiger partial charge in [0, 0.05) is 24.8 Å². The second-order valence-electron chi connectivity index (χ2n) is 7.65. The fraction of sp³-hybridized carbons (Fsp3) is 0.429. The van der Waals surface area contributed by atoms with E-state index < -0.39 is 9.84 Å². The van der Waals surface area contributed by atoms with Crippen LogP contribution in [-0.4, -0.2) is 54.4 Å². The number of hydrogen-bond donors (Lipinski definition) is 1. The molecule has 0 bridgehead atoms. The van der Waals surface area contributed by atoms with Crippen molar-refractivity contribution in [2.45, 2.75) is 44.3 Å². The molecule has 1 aromatic carbocycles. The van der Waals surface area contributed by atoms with Crippen molar-refractivity contribution in [3.8, 4) is 11.4 Å². The van der Waals surface area contributed by atoms with Crippen molar-refractivity contribution < 1.29 is 13.2 Å².